The molecule has 2 aliphatic heterocycles. The Morgan fingerprint density at radius 3 is 3.05 bits per heavy atom. The number of ether oxygens (including phenoxy) is 1. The molecule has 0 radical (unpaired) electrons. The van der Waals surface area contributed by atoms with E-state index in [2.05, 4.69) is 4.72 Å². The number of amides is 1. The Labute approximate surface area is 134 Å². The van der Waals surface area contributed by atoms with Crippen LogP contribution in [0.2, 0.25) is 0 Å². The monoisotopic (exact) mass is 344 g/mol. The van der Waals surface area contributed by atoms with Crippen molar-refractivity contribution in [3.8, 4) is 0 Å². The highest BCUT2D eigenvalue weighted by Crippen LogP contribution is 2.35. The minimum Gasteiger partial charge on any atom is -0.373 e. The van der Waals surface area contributed by atoms with E-state index in [-0.39, 0.29) is 11.9 Å². The number of hydrogen-bond donors (Lipinski definition) is 1. The molecule has 22 heavy (non-hydrogen) atoms. The standard InChI is InChI=1S/C14H20N2O4S2/c1-22(18,19)15-11-4-7-20-14(9-11)5-6-16(10-14)13(17)12-3-2-8-21-12/h2-3,8,11,15H,4-7,9-10H2,1H3/t11-,14+/m0/s1. The fourth-order valence-electron chi connectivity index (χ4n) is 3.29. The van der Waals surface area contributed by atoms with Gasteiger partial charge < -0.3 is 9.64 Å². The van der Waals surface area contributed by atoms with Gasteiger partial charge in [-0.3, -0.25) is 4.79 Å². The van der Waals surface area contributed by atoms with Gasteiger partial charge in [-0.2, -0.15) is 0 Å². The Kier molecular flexibility index (Phi) is 4.28. The summed E-state index contributed by atoms with van der Waals surface area (Å²) in [7, 11) is -3.22. The lowest BCUT2D eigenvalue weighted by Gasteiger charge is -2.38. The van der Waals surface area contributed by atoms with E-state index in [1.807, 2.05) is 22.4 Å². The van der Waals surface area contributed by atoms with Crippen molar-refractivity contribution in [3.05, 3.63) is 22.4 Å². The van der Waals surface area contributed by atoms with E-state index in [0.717, 1.165) is 11.3 Å². The first kappa shape index (κ1) is 15.9. The Balaban J connectivity index is 1.66. The number of carbonyl (C=O) groups excluding carboxylic acids is 1. The van der Waals surface area contributed by atoms with Crippen LogP contribution in [-0.4, -0.2) is 56.8 Å². The topological polar surface area (TPSA) is 75.7 Å². The fourth-order valence-corrected chi connectivity index (χ4v) is 4.79. The van der Waals surface area contributed by atoms with E-state index >= 15 is 0 Å². The predicted molar refractivity (Wildman–Crippen MR) is 84.5 cm³/mol. The molecule has 2 saturated heterocycles. The summed E-state index contributed by atoms with van der Waals surface area (Å²) in [6, 6.07) is 3.58. The summed E-state index contributed by atoms with van der Waals surface area (Å²) < 4.78 is 31.4. The van der Waals surface area contributed by atoms with Gasteiger partial charge in [0.25, 0.3) is 5.91 Å². The smallest absolute Gasteiger partial charge is 0.264 e. The molecule has 1 spiro atoms. The van der Waals surface area contributed by atoms with Gasteiger partial charge in [0.2, 0.25) is 10.0 Å². The molecule has 1 amide bonds. The Morgan fingerprint density at radius 2 is 2.36 bits per heavy atom. The van der Waals surface area contributed by atoms with Crippen molar-refractivity contribution in [3.63, 3.8) is 0 Å². The Morgan fingerprint density at radius 1 is 1.55 bits per heavy atom. The van der Waals surface area contributed by atoms with Gasteiger partial charge in [-0.15, -0.1) is 11.3 Å². The molecule has 1 aromatic rings. The van der Waals surface area contributed by atoms with Gasteiger partial charge >= 0.3 is 0 Å². The van der Waals surface area contributed by atoms with Gasteiger partial charge in [-0.1, -0.05) is 6.07 Å². The molecule has 6 nitrogen and oxygen atoms in total. The predicted octanol–water partition coefficient (Wildman–Crippen LogP) is 1.06. The summed E-state index contributed by atoms with van der Waals surface area (Å²) in [5.74, 6) is 0.0358. The zero-order valence-corrected chi connectivity index (χ0v) is 14.1. The lowest BCUT2D eigenvalue weighted by atomic mass is 9.90. The number of likely N-dealkylation sites (tertiary alicyclic amines) is 1. The molecule has 0 aromatic carbocycles. The first-order valence-corrected chi connectivity index (χ1v) is 10.1. The first-order chi connectivity index (χ1) is 10.4. The fraction of sp³-hybridized carbons (Fsp3) is 0.643. The second-order valence-electron chi connectivity index (χ2n) is 6.07. The number of sulfonamides is 1. The number of nitrogens with one attached hydrogen (secondary N) is 1. The van der Waals surface area contributed by atoms with E-state index in [1.54, 1.807) is 0 Å². The summed E-state index contributed by atoms with van der Waals surface area (Å²) in [5, 5.41) is 1.89. The third kappa shape index (κ3) is 3.51. The van der Waals surface area contributed by atoms with Crippen LogP contribution < -0.4 is 4.72 Å². The summed E-state index contributed by atoms with van der Waals surface area (Å²) in [5.41, 5.74) is -0.409. The van der Waals surface area contributed by atoms with Crippen LogP contribution in [0.1, 0.15) is 28.9 Å². The highest BCUT2D eigenvalue weighted by Gasteiger charge is 2.45. The molecule has 0 aliphatic carbocycles. The van der Waals surface area contributed by atoms with Crippen molar-refractivity contribution in [2.45, 2.75) is 30.9 Å². The van der Waals surface area contributed by atoms with Gasteiger partial charge in [0.15, 0.2) is 0 Å². The first-order valence-electron chi connectivity index (χ1n) is 7.31. The van der Waals surface area contributed by atoms with Crippen LogP contribution in [0.3, 0.4) is 0 Å². The lowest BCUT2D eigenvalue weighted by Crippen LogP contribution is -2.50. The minimum atomic E-state index is -3.22. The molecule has 1 aromatic heterocycles. The minimum absolute atomic E-state index is 0.0358. The third-order valence-electron chi connectivity index (χ3n) is 4.21. The normalized spacial score (nSPS) is 29.1. The number of thiophene rings is 1. The van der Waals surface area contributed by atoms with Gasteiger partial charge in [0, 0.05) is 19.2 Å². The SMILES string of the molecule is CS(=O)(=O)N[C@H]1CCO[C@]2(CCN(C(=O)c3cccs3)C2)C1. The van der Waals surface area contributed by atoms with E-state index in [0.29, 0.717) is 32.5 Å². The summed E-state index contributed by atoms with van der Waals surface area (Å²) >= 11 is 1.44. The average molecular weight is 344 g/mol. The molecule has 0 unspecified atom stereocenters. The molecule has 8 heteroatoms. The highest BCUT2D eigenvalue weighted by molar-refractivity contribution is 7.88. The molecule has 122 valence electrons. The van der Waals surface area contributed by atoms with Crippen LogP contribution in [0, 0.1) is 0 Å². The van der Waals surface area contributed by atoms with Gasteiger partial charge in [0.1, 0.15) is 0 Å². The Bertz CT molecular complexity index is 644. The van der Waals surface area contributed by atoms with Crippen molar-refractivity contribution in [2.75, 3.05) is 26.0 Å². The van der Waals surface area contributed by atoms with Gasteiger partial charge in [-0.25, -0.2) is 13.1 Å². The van der Waals surface area contributed by atoms with E-state index in [1.165, 1.54) is 17.6 Å². The quantitative estimate of drug-likeness (QED) is 0.890. The van der Waals surface area contributed by atoms with Crippen LogP contribution >= 0.6 is 11.3 Å². The van der Waals surface area contributed by atoms with E-state index in [4.69, 9.17) is 4.74 Å². The molecule has 0 saturated carbocycles. The summed E-state index contributed by atoms with van der Waals surface area (Å²) in [4.78, 5) is 15.0. The zero-order valence-electron chi connectivity index (χ0n) is 12.4. The number of rotatable bonds is 3. The Hall–Kier alpha value is -0.960. The molecule has 0 bridgehead atoms. The lowest BCUT2D eigenvalue weighted by molar-refractivity contribution is -0.0763. The maximum atomic E-state index is 12.4. The molecule has 1 N–H and O–H groups in total. The maximum Gasteiger partial charge on any atom is 0.264 e. The van der Waals surface area contributed by atoms with E-state index in [9.17, 15) is 13.2 Å². The zero-order chi connectivity index (χ0) is 15.8. The van der Waals surface area contributed by atoms with E-state index < -0.39 is 15.6 Å². The molecular weight excluding hydrogens is 324 g/mol. The molecule has 2 aliphatic rings. The third-order valence-corrected chi connectivity index (χ3v) is 5.83. The average Bonchev–Trinajstić information content (AvgIpc) is 3.06. The molecule has 3 heterocycles. The van der Waals surface area contributed by atoms with Crippen LogP contribution in [0.25, 0.3) is 0 Å². The summed E-state index contributed by atoms with van der Waals surface area (Å²) in [6.45, 7) is 1.71. The van der Waals surface area contributed by atoms with Crippen LogP contribution in [0.5, 0.6) is 0 Å². The maximum absolute atomic E-state index is 12.4. The molecule has 2 atom stereocenters. The number of carbonyl (C=O) groups is 1. The number of nitrogens with zero attached hydrogens (tertiary/aromatic N) is 1. The second kappa shape index (κ2) is 5.92. The molecule has 3 rings (SSSR count). The van der Waals surface area contributed by atoms with Crippen LogP contribution in [0.15, 0.2) is 17.5 Å². The molecule has 2 fully saturated rings. The van der Waals surface area contributed by atoms with Gasteiger partial charge in [-0.05, 0) is 30.7 Å². The van der Waals surface area contributed by atoms with Crippen molar-refractivity contribution >= 4 is 27.3 Å². The molecular formula is C14H20N2O4S2. The van der Waals surface area contributed by atoms with Crippen molar-refractivity contribution in [1.82, 2.24) is 9.62 Å². The number of hydrogen-bond acceptors (Lipinski definition) is 5. The highest BCUT2D eigenvalue weighted by atomic mass is 32.2. The van der Waals surface area contributed by atoms with Crippen LogP contribution in [-0.2, 0) is 14.8 Å². The largest absolute Gasteiger partial charge is 0.373 e. The van der Waals surface area contributed by atoms with Crippen LogP contribution in [0.4, 0.5) is 0 Å². The summed E-state index contributed by atoms with van der Waals surface area (Å²) in [6.07, 6.45) is 3.23. The van der Waals surface area contributed by atoms with Gasteiger partial charge in [0.05, 0.1) is 23.3 Å². The van der Waals surface area contributed by atoms with Crippen molar-refractivity contribution < 1.29 is 17.9 Å². The van der Waals surface area contributed by atoms with Crippen molar-refractivity contribution in [2.24, 2.45) is 0 Å². The second-order valence-corrected chi connectivity index (χ2v) is 8.79. The van der Waals surface area contributed by atoms with Crippen molar-refractivity contribution in [1.29, 1.82) is 0 Å².